The maximum absolute atomic E-state index is 13.6. The van der Waals surface area contributed by atoms with Crippen molar-refractivity contribution in [2.75, 3.05) is 38.2 Å². The fraction of sp³-hybridized carbons (Fsp3) is 0.333. The highest BCUT2D eigenvalue weighted by Crippen LogP contribution is 2.36. The molecule has 2 aliphatic heterocycles. The number of aryl methyl sites for hydroxylation is 1. The SMILES string of the molecule is Cc1cc(/C=C2/Nc3ccn(CCN4CCOCC4)c(=O)c3C2=O)c(C)n1-c1ccccc1C(F)(F)F. The van der Waals surface area contributed by atoms with E-state index in [9.17, 15) is 22.8 Å². The summed E-state index contributed by atoms with van der Waals surface area (Å²) in [5.41, 5.74) is 1.36. The van der Waals surface area contributed by atoms with Crippen molar-refractivity contribution in [2.45, 2.75) is 26.6 Å². The maximum atomic E-state index is 13.6. The molecule has 0 spiro atoms. The number of hydrogen-bond acceptors (Lipinski definition) is 5. The van der Waals surface area contributed by atoms with Gasteiger partial charge in [-0.2, -0.15) is 13.2 Å². The van der Waals surface area contributed by atoms with Crippen LogP contribution in [0.3, 0.4) is 0 Å². The number of anilines is 1. The van der Waals surface area contributed by atoms with E-state index in [0.29, 0.717) is 48.9 Å². The number of nitrogens with zero attached hydrogens (tertiary/aromatic N) is 3. The van der Waals surface area contributed by atoms with Gasteiger partial charge in [0.05, 0.1) is 35.8 Å². The number of carbonyl (C=O) groups excluding carboxylic acids is 1. The first kappa shape index (κ1) is 25.0. The monoisotopic (exact) mass is 512 g/mol. The zero-order valence-electron chi connectivity index (χ0n) is 20.6. The van der Waals surface area contributed by atoms with Crippen molar-refractivity contribution in [3.05, 3.63) is 86.7 Å². The molecule has 0 unspecified atom stereocenters. The van der Waals surface area contributed by atoms with Crippen molar-refractivity contribution in [1.82, 2.24) is 14.0 Å². The number of rotatable bonds is 5. The van der Waals surface area contributed by atoms with Gasteiger partial charge in [-0.1, -0.05) is 12.1 Å². The molecule has 2 aromatic heterocycles. The highest BCUT2D eigenvalue weighted by molar-refractivity contribution is 6.20. The normalized spacial score (nSPS) is 17.3. The summed E-state index contributed by atoms with van der Waals surface area (Å²) in [6, 6.07) is 8.83. The van der Waals surface area contributed by atoms with Crippen LogP contribution < -0.4 is 10.9 Å². The number of aromatic nitrogens is 2. The van der Waals surface area contributed by atoms with Crippen molar-refractivity contribution in [2.24, 2.45) is 0 Å². The number of benzene rings is 1. The van der Waals surface area contributed by atoms with Crippen LogP contribution in [0.25, 0.3) is 11.8 Å². The number of nitrogens with one attached hydrogen (secondary N) is 1. The molecule has 37 heavy (non-hydrogen) atoms. The summed E-state index contributed by atoms with van der Waals surface area (Å²) < 4.78 is 49.4. The summed E-state index contributed by atoms with van der Waals surface area (Å²) in [6.07, 6.45) is -1.25. The lowest BCUT2D eigenvalue weighted by molar-refractivity contribution is -0.137. The molecule has 5 rings (SSSR count). The number of halogens is 3. The van der Waals surface area contributed by atoms with Crippen LogP contribution in [0, 0.1) is 13.8 Å². The van der Waals surface area contributed by atoms with E-state index in [1.807, 2.05) is 0 Å². The molecule has 0 bridgehead atoms. The van der Waals surface area contributed by atoms with Crippen molar-refractivity contribution < 1.29 is 22.7 Å². The Hall–Kier alpha value is -3.63. The molecule has 10 heteroatoms. The number of hydrogen-bond donors (Lipinski definition) is 1. The molecule has 1 aromatic carbocycles. The second kappa shape index (κ2) is 9.68. The second-order valence-corrected chi connectivity index (χ2v) is 9.25. The van der Waals surface area contributed by atoms with Crippen molar-refractivity contribution in [1.29, 1.82) is 0 Å². The first-order valence-electron chi connectivity index (χ1n) is 12.1. The zero-order valence-corrected chi connectivity index (χ0v) is 20.6. The van der Waals surface area contributed by atoms with E-state index in [1.54, 1.807) is 44.3 Å². The zero-order chi connectivity index (χ0) is 26.3. The van der Waals surface area contributed by atoms with E-state index in [4.69, 9.17) is 4.74 Å². The van der Waals surface area contributed by atoms with Gasteiger partial charge in [0.2, 0.25) is 5.78 Å². The molecule has 0 radical (unpaired) electrons. The fourth-order valence-electron chi connectivity index (χ4n) is 4.95. The minimum atomic E-state index is -4.51. The molecule has 2 aliphatic rings. The minimum Gasteiger partial charge on any atom is -0.379 e. The lowest BCUT2D eigenvalue weighted by Gasteiger charge is -2.26. The number of Topliss-reactive ketones (excluding diaryl/α,β-unsaturated/α-hetero) is 1. The fourth-order valence-corrected chi connectivity index (χ4v) is 4.95. The Bertz CT molecular complexity index is 1450. The Morgan fingerprint density at radius 3 is 2.51 bits per heavy atom. The third-order valence-electron chi connectivity index (χ3n) is 6.89. The van der Waals surface area contributed by atoms with Crippen LogP contribution in [0.4, 0.5) is 18.9 Å². The van der Waals surface area contributed by atoms with Gasteiger partial charge in [-0.15, -0.1) is 0 Å². The van der Waals surface area contributed by atoms with Crippen LogP contribution in [0.1, 0.15) is 32.9 Å². The Labute approximate surface area is 211 Å². The van der Waals surface area contributed by atoms with E-state index in [2.05, 4.69) is 10.2 Å². The number of ether oxygens (including phenoxy) is 1. The number of para-hydroxylation sites is 1. The summed E-state index contributed by atoms with van der Waals surface area (Å²) in [5.74, 6) is -0.429. The van der Waals surface area contributed by atoms with Gasteiger partial charge in [-0.25, -0.2) is 0 Å². The number of pyridine rings is 1. The molecule has 1 fully saturated rings. The molecule has 0 atom stereocenters. The highest BCUT2D eigenvalue weighted by atomic mass is 19.4. The molecular formula is C27H27F3N4O3. The number of fused-ring (bicyclic) bond motifs is 1. The van der Waals surface area contributed by atoms with Crippen molar-refractivity contribution >= 4 is 17.5 Å². The van der Waals surface area contributed by atoms with Crippen LogP contribution >= 0.6 is 0 Å². The largest absolute Gasteiger partial charge is 0.418 e. The molecule has 0 saturated carbocycles. The lowest BCUT2D eigenvalue weighted by Crippen LogP contribution is -2.39. The standard InChI is InChI=1S/C27H27F3N4O3/c1-17-15-19(18(2)34(17)23-6-4-3-5-20(23)27(28,29)30)16-22-25(35)24-21(31-22)7-8-33(26(24)36)10-9-32-11-13-37-14-12-32/h3-8,15-16,31H,9-14H2,1-2H3/b22-16+. The van der Waals surface area contributed by atoms with Gasteiger partial charge < -0.3 is 19.2 Å². The van der Waals surface area contributed by atoms with E-state index in [-0.39, 0.29) is 22.5 Å². The van der Waals surface area contributed by atoms with E-state index in [0.717, 1.165) is 19.2 Å². The topological polar surface area (TPSA) is 68.5 Å². The highest BCUT2D eigenvalue weighted by Gasteiger charge is 2.34. The third kappa shape index (κ3) is 4.74. The van der Waals surface area contributed by atoms with Gasteiger partial charge in [-0.05, 0) is 49.8 Å². The predicted octanol–water partition coefficient (Wildman–Crippen LogP) is 4.26. The Morgan fingerprint density at radius 2 is 1.78 bits per heavy atom. The molecule has 1 N–H and O–H groups in total. The van der Waals surface area contributed by atoms with Crippen LogP contribution in [0.2, 0.25) is 0 Å². The van der Waals surface area contributed by atoms with Gasteiger partial charge in [-0.3, -0.25) is 14.5 Å². The Morgan fingerprint density at radius 1 is 1.05 bits per heavy atom. The Kier molecular flexibility index (Phi) is 6.55. The molecule has 7 nitrogen and oxygen atoms in total. The summed E-state index contributed by atoms with van der Waals surface area (Å²) in [7, 11) is 0. The number of morpholine rings is 1. The van der Waals surface area contributed by atoms with Crippen molar-refractivity contribution in [3.63, 3.8) is 0 Å². The number of alkyl halides is 3. The molecule has 0 aliphatic carbocycles. The van der Waals surface area contributed by atoms with Gasteiger partial charge in [0.1, 0.15) is 5.56 Å². The molecule has 194 valence electrons. The summed E-state index contributed by atoms with van der Waals surface area (Å²) in [5, 5.41) is 3.02. The van der Waals surface area contributed by atoms with Crippen molar-refractivity contribution in [3.8, 4) is 5.69 Å². The van der Waals surface area contributed by atoms with Gasteiger partial charge in [0.25, 0.3) is 5.56 Å². The smallest absolute Gasteiger partial charge is 0.379 e. The molecule has 1 saturated heterocycles. The first-order valence-corrected chi connectivity index (χ1v) is 12.1. The average Bonchev–Trinajstić information content (AvgIpc) is 3.34. The maximum Gasteiger partial charge on any atom is 0.418 e. The molecular weight excluding hydrogens is 485 g/mol. The minimum absolute atomic E-state index is 0.0202. The van der Waals surface area contributed by atoms with E-state index >= 15 is 0 Å². The van der Waals surface area contributed by atoms with Crippen LogP contribution in [-0.4, -0.2) is 52.7 Å². The first-order chi connectivity index (χ1) is 17.6. The predicted molar refractivity (Wildman–Crippen MR) is 134 cm³/mol. The van der Waals surface area contributed by atoms with Crippen LogP contribution in [0.5, 0.6) is 0 Å². The lowest BCUT2D eigenvalue weighted by atomic mass is 10.1. The Balaban J connectivity index is 1.43. The molecule has 4 heterocycles. The summed E-state index contributed by atoms with van der Waals surface area (Å²) in [4.78, 5) is 28.5. The molecule has 3 aromatic rings. The second-order valence-electron chi connectivity index (χ2n) is 9.25. The number of carbonyl (C=O) groups is 1. The molecule has 0 amide bonds. The van der Waals surface area contributed by atoms with Crippen LogP contribution in [-0.2, 0) is 17.5 Å². The van der Waals surface area contributed by atoms with E-state index in [1.165, 1.54) is 21.3 Å². The van der Waals surface area contributed by atoms with Gasteiger partial charge in [0.15, 0.2) is 0 Å². The van der Waals surface area contributed by atoms with E-state index < -0.39 is 17.5 Å². The number of ketones is 1. The summed E-state index contributed by atoms with van der Waals surface area (Å²) >= 11 is 0. The summed E-state index contributed by atoms with van der Waals surface area (Å²) in [6.45, 7) is 7.50. The number of allylic oxidation sites excluding steroid dienone is 1. The third-order valence-corrected chi connectivity index (χ3v) is 6.89. The van der Waals surface area contributed by atoms with Gasteiger partial charge in [0, 0.05) is 43.8 Å². The quantitative estimate of drug-likeness (QED) is 0.518. The van der Waals surface area contributed by atoms with Crippen LogP contribution in [0.15, 0.2) is 53.1 Å². The van der Waals surface area contributed by atoms with Gasteiger partial charge >= 0.3 is 6.18 Å². The average molecular weight is 513 g/mol.